The summed E-state index contributed by atoms with van der Waals surface area (Å²) >= 11 is 7.78. The van der Waals surface area contributed by atoms with Crippen molar-refractivity contribution in [3.8, 4) is 0 Å². The van der Waals surface area contributed by atoms with Gasteiger partial charge in [0.1, 0.15) is 0 Å². The number of carbonyl (C=O) groups is 1. The first-order valence-electron chi connectivity index (χ1n) is 11.1. The number of carbonyl (C=O) groups excluding carboxylic acids is 1. The zero-order valence-electron chi connectivity index (χ0n) is 18.9. The number of aromatic nitrogens is 2. The molecule has 9 heteroatoms. The van der Waals surface area contributed by atoms with Crippen molar-refractivity contribution in [1.82, 2.24) is 14.9 Å². The van der Waals surface area contributed by atoms with E-state index in [-0.39, 0.29) is 34.7 Å². The smallest absolute Gasteiger partial charge is 0.274 e. The zero-order valence-corrected chi connectivity index (χ0v) is 21.2. The molecule has 0 aliphatic carbocycles. The Morgan fingerprint density at radius 1 is 1.09 bits per heavy atom. The molecule has 178 valence electrons. The Kier molecular flexibility index (Phi) is 7.91. The van der Waals surface area contributed by atoms with Crippen LogP contribution in [0.2, 0.25) is 5.02 Å². The Labute approximate surface area is 209 Å². The Morgan fingerprint density at radius 3 is 2.44 bits per heavy atom. The van der Waals surface area contributed by atoms with E-state index in [0.717, 1.165) is 17.5 Å². The fourth-order valence-corrected chi connectivity index (χ4v) is 6.57. The number of aryl methyl sites for hydroxylation is 1. The Bertz CT molecular complexity index is 1250. The third-order valence-electron chi connectivity index (χ3n) is 5.83. The molecule has 4 rings (SSSR count). The normalized spacial score (nSPS) is 16.9. The molecule has 0 spiro atoms. The molecule has 2 heterocycles. The second-order valence-electron chi connectivity index (χ2n) is 8.28. The maximum absolute atomic E-state index is 13.7. The molecular weight excluding hydrogens is 490 g/mol. The van der Waals surface area contributed by atoms with Gasteiger partial charge in [0.2, 0.25) is 0 Å². The van der Waals surface area contributed by atoms with E-state index in [4.69, 9.17) is 11.6 Å². The Hall–Kier alpha value is -2.42. The van der Waals surface area contributed by atoms with E-state index < -0.39 is 15.9 Å². The highest BCUT2D eigenvalue weighted by molar-refractivity contribution is 7.98. The lowest BCUT2D eigenvalue weighted by atomic mass is 10.1. The van der Waals surface area contributed by atoms with Gasteiger partial charge in [-0.05, 0) is 29.5 Å². The molecule has 6 nitrogen and oxygen atoms in total. The molecular formula is C25H26ClN3O3S2. The number of hydrogen-bond donors (Lipinski definition) is 0. The lowest BCUT2D eigenvalue weighted by molar-refractivity contribution is 0.0674. The third kappa shape index (κ3) is 6.17. The van der Waals surface area contributed by atoms with Crippen LogP contribution >= 0.6 is 23.4 Å². The van der Waals surface area contributed by atoms with Gasteiger partial charge in [0.25, 0.3) is 5.91 Å². The predicted octanol–water partition coefficient (Wildman–Crippen LogP) is 4.81. The van der Waals surface area contributed by atoms with Crippen LogP contribution < -0.4 is 0 Å². The largest absolute Gasteiger partial charge is 0.329 e. The number of rotatable bonds is 8. The van der Waals surface area contributed by atoms with Gasteiger partial charge in [-0.3, -0.25) is 4.79 Å². The molecule has 2 aromatic carbocycles. The van der Waals surface area contributed by atoms with Crippen LogP contribution in [0, 0.1) is 0 Å². The molecule has 34 heavy (non-hydrogen) atoms. The van der Waals surface area contributed by atoms with Gasteiger partial charge in [-0.1, -0.05) is 84.9 Å². The van der Waals surface area contributed by atoms with Crippen LogP contribution in [0.1, 0.15) is 40.5 Å². The zero-order chi connectivity index (χ0) is 24.1. The summed E-state index contributed by atoms with van der Waals surface area (Å²) < 4.78 is 24.4. The van der Waals surface area contributed by atoms with Gasteiger partial charge in [-0.15, -0.1) is 0 Å². The highest BCUT2D eigenvalue weighted by Gasteiger charge is 2.36. The minimum Gasteiger partial charge on any atom is -0.329 e. The van der Waals surface area contributed by atoms with Crippen LogP contribution in [0.15, 0.2) is 66.0 Å². The number of sulfone groups is 1. The number of amides is 1. The second kappa shape index (κ2) is 10.9. The van der Waals surface area contributed by atoms with Crippen molar-refractivity contribution in [2.75, 3.05) is 11.5 Å². The first-order chi connectivity index (χ1) is 16.3. The molecule has 1 fully saturated rings. The predicted molar refractivity (Wildman–Crippen MR) is 136 cm³/mol. The summed E-state index contributed by atoms with van der Waals surface area (Å²) in [5, 5.41) is 0.601. The summed E-state index contributed by atoms with van der Waals surface area (Å²) in [7, 11) is -3.18. The molecule has 1 atom stereocenters. The Morgan fingerprint density at radius 2 is 1.79 bits per heavy atom. The first kappa shape index (κ1) is 24.7. The number of thioether (sulfide) groups is 1. The summed E-state index contributed by atoms with van der Waals surface area (Å²) in [6, 6.07) is 17.5. The van der Waals surface area contributed by atoms with Crippen molar-refractivity contribution in [2.24, 2.45) is 0 Å². The summed E-state index contributed by atoms with van der Waals surface area (Å²) in [6.07, 6.45) is 2.76. The van der Waals surface area contributed by atoms with Gasteiger partial charge >= 0.3 is 0 Å². The van der Waals surface area contributed by atoms with Crippen molar-refractivity contribution in [3.63, 3.8) is 0 Å². The molecule has 1 aliphatic heterocycles. The number of halogens is 1. The summed E-state index contributed by atoms with van der Waals surface area (Å²) in [6.45, 7) is 2.37. The average Bonchev–Trinajstić information content (AvgIpc) is 3.21. The molecule has 0 unspecified atom stereocenters. The van der Waals surface area contributed by atoms with Crippen molar-refractivity contribution in [1.29, 1.82) is 0 Å². The van der Waals surface area contributed by atoms with Crippen LogP contribution in [-0.2, 0) is 28.6 Å². The van der Waals surface area contributed by atoms with E-state index >= 15 is 0 Å². The van der Waals surface area contributed by atoms with Gasteiger partial charge in [0.05, 0.1) is 22.7 Å². The van der Waals surface area contributed by atoms with Gasteiger partial charge in [0, 0.05) is 18.3 Å². The van der Waals surface area contributed by atoms with E-state index in [1.165, 1.54) is 23.5 Å². The van der Waals surface area contributed by atoms with Crippen molar-refractivity contribution < 1.29 is 13.2 Å². The maximum Gasteiger partial charge on any atom is 0.274 e. The fraction of sp³-hybridized carbons (Fsp3) is 0.320. The van der Waals surface area contributed by atoms with Crippen LogP contribution in [-0.4, -0.2) is 46.7 Å². The molecule has 0 saturated carbocycles. The Balaban J connectivity index is 1.59. The van der Waals surface area contributed by atoms with E-state index in [9.17, 15) is 13.2 Å². The lowest BCUT2D eigenvalue weighted by Gasteiger charge is -2.28. The number of nitrogens with zero attached hydrogens (tertiary/aromatic N) is 3. The van der Waals surface area contributed by atoms with Gasteiger partial charge in [-0.25, -0.2) is 18.4 Å². The van der Waals surface area contributed by atoms with E-state index in [1.54, 1.807) is 4.90 Å². The van der Waals surface area contributed by atoms with Gasteiger partial charge in [0.15, 0.2) is 20.7 Å². The topological polar surface area (TPSA) is 80.2 Å². The third-order valence-corrected chi connectivity index (χ3v) is 8.79. The van der Waals surface area contributed by atoms with Gasteiger partial charge < -0.3 is 4.90 Å². The molecule has 1 saturated heterocycles. The van der Waals surface area contributed by atoms with Crippen LogP contribution in [0.5, 0.6) is 0 Å². The summed E-state index contributed by atoms with van der Waals surface area (Å²) in [5.41, 5.74) is 3.34. The average molecular weight is 516 g/mol. The first-order valence-corrected chi connectivity index (χ1v) is 14.3. The highest BCUT2D eigenvalue weighted by atomic mass is 35.5. The highest BCUT2D eigenvalue weighted by Crippen LogP contribution is 2.26. The molecule has 1 aromatic heterocycles. The monoisotopic (exact) mass is 515 g/mol. The fourth-order valence-electron chi connectivity index (χ4n) is 3.89. The van der Waals surface area contributed by atoms with Gasteiger partial charge in [-0.2, -0.15) is 0 Å². The summed E-state index contributed by atoms with van der Waals surface area (Å²) in [4.78, 5) is 24.0. The summed E-state index contributed by atoms with van der Waals surface area (Å²) in [5.74, 6) is 0.302. The molecule has 0 bridgehead atoms. The SMILES string of the molecule is CCc1ccc(CN(C(=O)c2nc(SCc3ccccc3)ncc2Cl)[C@@H]2CCS(=O)(=O)C2)cc1. The van der Waals surface area contributed by atoms with Crippen LogP contribution in [0.25, 0.3) is 0 Å². The number of benzene rings is 2. The van der Waals surface area contributed by atoms with E-state index in [0.29, 0.717) is 17.3 Å². The minimum absolute atomic E-state index is 0.0515. The van der Waals surface area contributed by atoms with Crippen molar-refractivity contribution >= 4 is 39.1 Å². The van der Waals surface area contributed by atoms with Crippen molar-refractivity contribution in [2.45, 2.75) is 43.3 Å². The standard InChI is InChI=1S/C25H26ClN3O3S2/c1-2-18-8-10-19(11-9-18)15-29(21-12-13-34(31,32)17-21)24(30)23-22(26)14-27-25(28-23)33-16-20-6-4-3-5-7-20/h3-11,14,21H,2,12-13,15-17H2,1H3/t21-/m1/s1. The van der Waals surface area contributed by atoms with Crippen LogP contribution in [0.4, 0.5) is 0 Å². The van der Waals surface area contributed by atoms with E-state index in [2.05, 4.69) is 16.9 Å². The molecule has 0 radical (unpaired) electrons. The maximum atomic E-state index is 13.7. The second-order valence-corrected chi connectivity index (χ2v) is 11.9. The number of hydrogen-bond acceptors (Lipinski definition) is 6. The quantitative estimate of drug-likeness (QED) is 0.316. The minimum atomic E-state index is -3.18. The van der Waals surface area contributed by atoms with Crippen LogP contribution in [0.3, 0.4) is 0 Å². The van der Waals surface area contributed by atoms with E-state index in [1.807, 2.05) is 54.6 Å². The lowest BCUT2D eigenvalue weighted by Crippen LogP contribution is -2.41. The molecule has 0 N–H and O–H groups in total. The molecule has 1 amide bonds. The van der Waals surface area contributed by atoms with Crippen molar-refractivity contribution in [3.05, 3.63) is 88.2 Å². The molecule has 1 aliphatic rings. The molecule has 3 aromatic rings.